The van der Waals surface area contributed by atoms with Crippen LogP contribution < -0.4 is 10.5 Å². The molecule has 0 atom stereocenters. The van der Waals surface area contributed by atoms with E-state index in [0.29, 0.717) is 18.1 Å². The number of aromatic nitrogens is 2. The molecule has 2 aromatic rings. The lowest BCUT2D eigenvalue weighted by Gasteiger charge is -2.05. The minimum Gasteiger partial charge on any atom is -0.399 e. The second kappa shape index (κ2) is 5.64. The zero-order chi connectivity index (χ0) is 14.8. The van der Waals surface area contributed by atoms with E-state index in [1.54, 1.807) is 29.7 Å². The van der Waals surface area contributed by atoms with Crippen LogP contribution in [0.1, 0.15) is 18.3 Å². The summed E-state index contributed by atoms with van der Waals surface area (Å²) < 4.78 is 28.6. The van der Waals surface area contributed by atoms with Gasteiger partial charge >= 0.3 is 0 Å². The number of nitrogen functional groups attached to an aromatic ring is 1. The second-order valence-corrected chi connectivity index (χ2v) is 6.20. The van der Waals surface area contributed by atoms with Crippen LogP contribution in [0.25, 0.3) is 0 Å². The van der Waals surface area contributed by atoms with Crippen molar-refractivity contribution >= 4 is 15.7 Å². The molecule has 3 N–H and O–H groups in total. The molecule has 0 radical (unpaired) electrons. The summed E-state index contributed by atoms with van der Waals surface area (Å²) >= 11 is 0. The maximum atomic E-state index is 12.2. The van der Waals surface area contributed by atoms with Crippen molar-refractivity contribution in [3.63, 3.8) is 0 Å². The maximum absolute atomic E-state index is 12.2. The third-order valence-electron chi connectivity index (χ3n) is 2.99. The minimum absolute atomic E-state index is 0.0424. The van der Waals surface area contributed by atoms with Crippen LogP contribution in [0.3, 0.4) is 0 Å². The van der Waals surface area contributed by atoms with E-state index in [4.69, 9.17) is 5.73 Å². The molecule has 0 saturated heterocycles. The van der Waals surface area contributed by atoms with E-state index in [2.05, 4.69) is 9.71 Å². The Labute approximate surface area is 118 Å². The van der Waals surface area contributed by atoms with Crippen molar-refractivity contribution in [2.24, 2.45) is 0 Å². The average Bonchev–Trinajstić information content (AvgIpc) is 2.79. The molecule has 0 spiro atoms. The van der Waals surface area contributed by atoms with E-state index in [1.165, 1.54) is 6.20 Å². The number of imidazole rings is 1. The van der Waals surface area contributed by atoms with Gasteiger partial charge < -0.3 is 10.3 Å². The molecule has 1 aromatic carbocycles. The highest BCUT2D eigenvalue weighted by Gasteiger charge is 2.18. The number of rotatable bonds is 5. The fraction of sp³-hybridized carbons (Fsp3) is 0.308. The van der Waals surface area contributed by atoms with Gasteiger partial charge in [-0.05, 0) is 31.5 Å². The summed E-state index contributed by atoms with van der Waals surface area (Å²) in [6.07, 6.45) is 1.54. The van der Waals surface area contributed by atoms with Crippen molar-refractivity contribution < 1.29 is 8.42 Å². The Morgan fingerprint density at radius 1 is 1.40 bits per heavy atom. The van der Waals surface area contributed by atoms with Crippen molar-refractivity contribution in [2.75, 3.05) is 5.73 Å². The Hall–Kier alpha value is -1.86. The molecule has 6 nitrogen and oxygen atoms in total. The first-order chi connectivity index (χ1) is 9.42. The first kappa shape index (κ1) is 14.5. The van der Waals surface area contributed by atoms with Gasteiger partial charge in [-0.2, -0.15) is 0 Å². The monoisotopic (exact) mass is 294 g/mol. The van der Waals surface area contributed by atoms with E-state index in [9.17, 15) is 8.42 Å². The molecule has 1 aromatic heterocycles. The maximum Gasteiger partial charge on any atom is 0.259 e. The van der Waals surface area contributed by atoms with Crippen LogP contribution in [0.2, 0.25) is 0 Å². The lowest BCUT2D eigenvalue weighted by molar-refractivity contribution is 0.577. The summed E-state index contributed by atoms with van der Waals surface area (Å²) in [7, 11) is -3.61. The number of hydrogen-bond acceptors (Lipinski definition) is 4. The smallest absolute Gasteiger partial charge is 0.259 e. The fourth-order valence-corrected chi connectivity index (χ4v) is 2.91. The molecule has 0 amide bonds. The highest BCUT2D eigenvalue weighted by molar-refractivity contribution is 7.89. The van der Waals surface area contributed by atoms with Crippen molar-refractivity contribution in [2.45, 2.75) is 32.0 Å². The molecule has 0 bridgehead atoms. The molecule has 0 unspecified atom stereocenters. The van der Waals surface area contributed by atoms with Gasteiger partial charge in [0.15, 0.2) is 5.03 Å². The summed E-state index contributed by atoms with van der Waals surface area (Å²) in [5, 5.41) is 0.0424. The molecule has 0 saturated carbocycles. The van der Waals surface area contributed by atoms with E-state index in [-0.39, 0.29) is 11.6 Å². The van der Waals surface area contributed by atoms with Crippen LogP contribution in [0.4, 0.5) is 5.69 Å². The van der Waals surface area contributed by atoms with Crippen LogP contribution >= 0.6 is 0 Å². The molecule has 0 aliphatic rings. The van der Waals surface area contributed by atoms with E-state index >= 15 is 0 Å². The Morgan fingerprint density at radius 2 is 2.15 bits per heavy atom. The van der Waals surface area contributed by atoms with Gasteiger partial charge in [0.2, 0.25) is 0 Å². The van der Waals surface area contributed by atoms with Gasteiger partial charge in [-0.25, -0.2) is 18.1 Å². The fourth-order valence-electron chi connectivity index (χ4n) is 1.88. The van der Waals surface area contributed by atoms with Gasteiger partial charge in [0.25, 0.3) is 10.0 Å². The number of hydrogen-bond donors (Lipinski definition) is 2. The molecule has 20 heavy (non-hydrogen) atoms. The number of anilines is 1. The third-order valence-corrected chi connectivity index (χ3v) is 4.26. The first-order valence-electron chi connectivity index (χ1n) is 6.30. The number of benzene rings is 1. The molecule has 108 valence electrons. The van der Waals surface area contributed by atoms with Crippen molar-refractivity contribution in [1.82, 2.24) is 14.3 Å². The minimum atomic E-state index is -3.61. The van der Waals surface area contributed by atoms with E-state index < -0.39 is 10.0 Å². The summed E-state index contributed by atoms with van der Waals surface area (Å²) in [6.45, 7) is 4.58. The second-order valence-electron chi connectivity index (χ2n) is 4.48. The highest BCUT2D eigenvalue weighted by atomic mass is 32.2. The van der Waals surface area contributed by atoms with Crippen LogP contribution in [0.15, 0.2) is 35.5 Å². The van der Waals surface area contributed by atoms with Crippen LogP contribution in [-0.4, -0.2) is 18.0 Å². The predicted molar refractivity (Wildman–Crippen MR) is 77.5 cm³/mol. The van der Waals surface area contributed by atoms with Crippen LogP contribution in [0, 0.1) is 6.92 Å². The molecular formula is C13H18N4O2S. The Balaban J connectivity index is 2.15. The number of nitrogens with one attached hydrogen (secondary N) is 1. The topological polar surface area (TPSA) is 90.0 Å². The van der Waals surface area contributed by atoms with Crippen molar-refractivity contribution in [3.05, 3.63) is 41.9 Å². The lowest BCUT2D eigenvalue weighted by Crippen LogP contribution is -2.23. The normalized spacial score (nSPS) is 11.7. The summed E-state index contributed by atoms with van der Waals surface area (Å²) in [6, 6.07) is 7.09. The number of nitrogens with two attached hydrogens (primary N) is 1. The largest absolute Gasteiger partial charge is 0.399 e. The molecule has 2 rings (SSSR count). The number of aryl methyl sites for hydroxylation is 2. The SMILES string of the molecule is CCn1cc(S(=O)(=O)NCc2cccc(N)c2)nc1C. The summed E-state index contributed by atoms with van der Waals surface area (Å²) in [5.41, 5.74) is 7.07. The highest BCUT2D eigenvalue weighted by Crippen LogP contribution is 2.11. The lowest BCUT2D eigenvalue weighted by atomic mass is 10.2. The molecular weight excluding hydrogens is 276 g/mol. The Morgan fingerprint density at radius 3 is 2.75 bits per heavy atom. The zero-order valence-corrected chi connectivity index (χ0v) is 12.3. The molecule has 1 heterocycles. The van der Waals surface area contributed by atoms with Crippen molar-refractivity contribution in [3.8, 4) is 0 Å². The first-order valence-corrected chi connectivity index (χ1v) is 7.78. The third kappa shape index (κ3) is 3.17. The predicted octanol–water partition coefficient (Wildman–Crippen LogP) is 1.27. The quantitative estimate of drug-likeness (QED) is 0.813. The van der Waals surface area contributed by atoms with Gasteiger partial charge in [-0.3, -0.25) is 0 Å². The van der Waals surface area contributed by atoms with E-state index in [1.807, 2.05) is 13.0 Å². The zero-order valence-electron chi connectivity index (χ0n) is 11.5. The van der Waals surface area contributed by atoms with E-state index in [0.717, 1.165) is 5.56 Å². The van der Waals surface area contributed by atoms with Gasteiger partial charge in [0, 0.05) is 25.0 Å². The Bertz CT molecular complexity index is 707. The standard InChI is InChI=1S/C13H18N4O2S/c1-3-17-9-13(16-10(17)2)20(18,19)15-8-11-5-4-6-12(14)7-11/h4-7,9,15H,3,8,14H2,1-2H3. The summed E-state index contributed by atoms with van der Waals surface area (Å²) in [4.78, 5) is 4.07. The van der Waals surface area contributed by atoms with Crippen LogP contribution in [0.5, 0.6) is 0 Å². The van der Waals surface area contributed by atoms with Gasteiger partial charge in [-0.15, -0.1) is 0 Å². The molecule has 7 heteroatoms. The molecule has 0 aliphatic heterocycles. The van der Waals surface area contributed by atoms with Crippen molar-refractivity contribution in [1.29, 1.82) is 0 Å². The van der Waals surface area contributed by atoms with Gasteiger partial charge in [0.1, 0.15) is 5.82 Å². The van der Waals surface area contributed by atoms with Crippen LogP contribution in [-0.2, 0) is 23.1 Å². The van der Waals surface area contributed by atoms with Gasteiger partial charge in [0.05, 0.1) is 0 Å². The Kier molecular flexibility index (Phi) is 4.10. The molecule has 0 fully saturated rings. The molecule has 0 aliphatic carbocycles. The van der Waals surface area contributed by atoms with Gasteiger partial charge in [-0.1, -0.05) is 12.1 Å². The summed E-state index contributed by atoms with van der Waals surface area (Å²) in [5.74, 6) is 0.678. The number of nitrogens with zero attached hydrogens (tertiary/aromatic N) is 2. The average molecular weight is 294 g/mol. The number of sulfonamides is 1.